The lowest BCUT2D eigenvalue weighted by atomic mass is 10.0. The molecule has 3 heterocycles. The van der Waals surface area contributed by atoms with Gasteiger partial charge in [-0.05, 0) is 55.0 Å². The number of rotatable bonds is 5. The fourth-order valence-corrected chi connectivity index (χ4v) is 3.40. The van der Waals surface area contributed by atoms with Crippen LogP contribution in [0.25, 0.3) is 16.8 Å². The summed E-state index contributed by atoms with van der Waals surface area (Å²) in [6.45, 7) is 1.94. The van der Waals surface area contributed by atoms with E-state index >= 15 is 0 Å². The maximum Gasteiger partial charge on any atom is 0.573 e. The second kappa shape index (κ2) is 8.33. The number of carbonyl (C=O) groups is 1. The first-order chi connectivity index (χ1) is 15.2. The Morgan fingerprint density at radius 3 is 2.50 bits per heavy atom. The minimum atomic E-state index is -4.76. The molecule has 4 aromatic rings. The third kappa shape index (κ3) is 4.56. The van der Waals surface area contributed by atoms with E-state index in [4.69, 9.17) is 4.74 Å². The van der Waals surface area contributed by atoms with Crippen LogP contribution in [0.4, 0.5) is 13.2 Å². The second-order valence-corrected chi connectivity index (χ2v) is 7.12. The molecule has 0 amide bonds. The molecule has 9 heteroatoms. The molecule has 0 atom stereocenters. The van der Waals surface area contributed by atoms with Crippen LogP contribution in [0.15, 0.2) is 60.8 Å². The van der Waals surface area contributed by atoms with Crippen LogP contribution < -0.4 is 4.74 Å². The van der Waals surface area contributed by atoms with E-state index in [2.05, 4.69) is 14.8 Å². The fraction of sp³-hybridized carbons (Fsp3) is 0.174. The van der Waals surface area contributed by atoms with Crippen LogP contribution in [-0.4, -0.2) is 34.0 Å². The largest absolute Gasteiger partial charge is 0.573 e. The predicted molar refractivity (Wildman–Crippen MR) is 110 cm³/mol. The molecule has 164 valence electrons. The average molecular weight is 441 g/mol. The number of esters is 1. The van der Waals surface area contributed by atoms with Crippen molar-refractivity contribution in [2.45, 2.75) is 19.7 Å². The Morgan fingerprint density at radius 1 is 1.06 bits per heavy atom. The maximum absolute atomic E-state index is 12.5. The van der Waals surface area contributed by atoms with Crippen LogP contribution in [0.3, 0.4) is 0 Å². The van der Waals surface area contributed by atoms with Crippen LogP contribution >= 0.6 is 0 Å². The maximum atomic E-state index is 12.5. The van der Waals surface area contributed by atoms with E-state index in [9.17, 15) is 18.0 Å². The Hall–Kier alpha value is -3.88. The van der Waals surface area contributed by atoms with Gasteiger partial charge in [0.15, 0.2) is 0 Å². The van der Waals surface area contributed by atoms with Crippen LogP contribution in [0.2, 0.25) is 0 Å². The number of methoxy groups -OCH3 is 1. The van der Waals surface area contributed by atoms with Gasteiger partial charge in [0.2, 0.25) is 0 Å². The molecule has 0 unspecified atom stereocenters. The van der Waals surface area contributed by atoms with Crippen molar-refractivity contribution >= 4 is 11.5 Å². The zero-order valence-electron chi connectivity index (χ0n) is 17.2. The van der Waals surface area contributed by atoms with Crippen molar-refractivity contribution < 1.29 is 27.4 Å². The number of alkyl halides is 3. The van der Waals surface area contributed by atoms with E-state index in [1.54, 1.807) is 22.7 Å². The summed E-state index contributed by atoms with van der Waals surface area (Å²) in [6, 6.07) is 14.5. The molecule has 0 N–H and O–H groups in total. The molecular formula is C23H18F3N3O3. The van der Waals surface area contributed by atoms with Crippen molar-refractivity contribution in [3.05, 3.63) is 83.3 Å². The summed E-state index contributed by atoms with van der Waals surface area (Å²) in [5, 5.41) is 4.65. The summed E-state index contributed by atoms with van der Waals surface area (Å²) in [5.74, 6) is -0.849. The SMILES string of the molecule is COC(=O)c1cccc(Cc2c(-c3ccc(OC(F)(F)F)cc3)nn3cc(C)ccc23)n1. The molecule has 0 saturated carbocycles. The first-order valence-electron chi connectivity index (χ1n) is 9.62. The highest BCUT2D eigenvalue weighted by Gasteiger charge is 2.31. The van der Waals surface area contributed by atoms with Crippen LogP contribution in [0, 0.1) is 6.92 Å². The van der Waals surface area contributed by atoms with Gasteiger partial charge in [0, 0.05) is 29.4 Å². The number of ether oxygens (including phenoxy) is 2. The number of aromatic nitrogens is 3. The number of benzene rings is 1. The summed E-state index contributed by atoms with van der Waals surface area (Å²) in [4.78, 5) is 16.2. The smallest absolute Gasteiger partial charge is 0.464 e. The Labute approximate surface area is 181 Å². The summed E-state index contributed by atoms with van der Waals surface area (Å²) < 4.78 is 47.9. The Kier molecular flexibility index (Phi) is 5.56. The number of aryl methyl sites for hydroxylation is 1. The lowest BCUT2D eigenvalue weighted by molar-refractivity contribution is -0.274. The van der Waals surface area contributed by atoms with Crippen molar-refractivity contribution in [1.82, 2.24) is 14.6 Å². The average Bonchev–Trinajstić information content (AvgIpc) is 3.10. The van der Waals surface area contributed by atoms with E-state index in [0.717, 1.165) is 16.6 Å². The molecule has 6 nitrogen and oxygen atoms in total. The number of halogens is 3. The highest BCUT2D eigenvalue weighted by molar-refractivity contribution is 5.87. The number of carbonyl (C=O) groups excluding carboxylic acids is 1. The minimum absolute atomic E-state index is 0.188. The third-order valence-corrected chi connectivity index (χ3v) is 4.80. The topological polar surface area (TPSA) is 65.7 Å². The highest BCUT2D eigenvalue weighted by atomic mass is 19.4. The number of hydrogen-bond acceptors (Lipinski definition) is 5. The molecule has 0 aliphatic carbocycles. The van der Waals surface area contributed by atoms with Crippen molar-refractivity contribution in [2.75, 3.05) is 7.11 Å². The van der Waals surface area contributed by atoms with Gasteiger partial charge in [0.1, 0.15) is 11.4 Å². The molecule has 0 fully saturated rings. The van der Waals surface area contributed by atoms with Gasteiger partial charge in [0.05, 0.1) is 18.3 Å². The fourth-order valence-electron chi connectivity index (χ4n) is 3.40. The zero-order chi connectivity index (χ0) is 22.9. The van der Waals surface area contributed by atoms with Gasteiger partial charge in [-0.1, -0.05) is 12.1 Å². The molecule has 0 saturated heterocycles. The quantitative estimate of drug-likeness (QED) is 0.409. The molecule has 32 heavy (non-hydrogen) atoms. The predicted octanol–water partition coefficient (Wildman–Crippen LogP) is 4.98. The second-order valence-electron chi connectivity index (χ2n) is 7.12. The molecule has 0 radical (unpaired) electrons. The van der Waals surface area contributed by atoms with Gasteiger partial charge in [-0.25, -0.2) is 14.3 Å². The van der Waals surface area contributed by atoms with E-state index in [0.29, 0.717) is 23.4 Å². The Balaban J connectivity index is 1.77. The number of hydrogen-bond donors (Lipinski definition) is 0. The summed E-state index contributed by atoms with van der Waals surface area (Å²) in [5.41, 5.74) is 4.68. The molecule has 0 bridgehead atoms. The monoisotopic (exact) mass is 441 g/mol. The third-order valence-electron chi connectivity index (χ3n) is 4.80. The van der Waals surface area contributed by atoms with E-state index in [1.165, 1.54) is 31.4 Å². The minimum Gasteiger partial charge on any atom is -0.464 e. The van der Waals surface area contributed by atoms with Gasteiger partial charge in [-0.3, -0.25) is 0 Å². The lowest BCUT2D eigenvalue weighted by Crippen LogP contribution is -2.16. The van der Waals surface area contributed by atoms with E-state index < -0.39 is 12.3 Å². The van der Waals surface area contributed by atoms with Gasteiger partial charge in [-0.2, -0.15) is 5.10 Å². The molecule has 4 rings (SSSR count). The molecular weight excluding hydrogens is 423 g/mol. The lowest BCUT2D eigenvalue weighted by Gasteiger charge is -2.09. The van der Waals surface area contributed by atoms with Gasteiger partial charge >= 0.3 is 12.3 Å². The summed E-state index contributed by atoms with van der Waals surface area (Å²) in [6.07, 6.45) is -2.54. The van der Waals surface area contributed by atoms with E-state index in [1.807, 2.05) is 25.3 Å². The number of fused-ring (bicyclic) bond motifs is 1. The molecule has 0 spiro atoms. The number of pyridine rings is 2. The number of nitrogens with zero attached hydrogens (tertiary/aromatic N) is 3. The summed E-state index contributed by atoms with van der Waals surface area (Å²) >= 11 is 0. The van der Waals surface area contributed by atoms with Gasteiger partial charge in [0.25, 0.3) is 0 Å². The molecule has 0 aliphatic rings. The van der Waals surface area contributed by atoms with Crippen LogP contribution in [0.5, 0.6) is 5.75 Å². The van der Waals surface area contributed by atoms with Crippen LogP contribution in [-0.2, 0) is 11.2 Å². The first kappa shape index (κ1) is 21.4. The molecule has 3 aromatic heterocycles. The van der Waals surface area contributed by atoms with Crippen molar-refractivity contribution in [2.24, 2.45) is 0 Å². The first-order valence-corrected chi connectivity index (χ1v) is 9.62. The summed E-state index contributed by atoms with van der Waals surface area (Å²) in [7, 11) is 1.29. The zero-order valence-corrected chi connectivity index (χ0v) is 17.2. The van der Waals surface area contributed by atoms with E-state index in [-0.39, 0.29) is 11.4 Å². The normalized spacial score (nSPS) is 11.5. The highest BCUT2D eigenvalue weighted by Crippen LogP contribution is 2.31. The van der Waals surface area contributed by atoms with Crippen molar-refractivity contribution in [1.29, 1.82) is 0 Å². The molecule has 1 aromatic carbocycles. The van der Waals surface area contributed by atoms with Crippen LogP contribution in [0.1, 0.15) is 27.3 Å². The van der Waals surface area contributed by atoms with Crippen molar-refractivity contribution in [3.8, 4) is 17.0 Å². The Bertz CT molecular complexity index is 1280. The van der Waals surface area contributed by atoms with Crippen molar-refractivity contribution in [3.63, 3.8) is 0 Å². The molecule has 0 aliphatic heterocycles. The standard InChI is InChI=1S/C23H18F3N3O3/c1-14-6-11-20-18(12-16-4-3-5-19(27-16)22(30)31-2)21(28-29(20)13-14)15-7-9-17(10-8-15)32-23(24,25)26/h3-11,13H,12H2,1-2H3. The Morgan fingerprint density at radius 2 is 1.81 bits per heavy atom. The van der Waals surface area contributed by atoms with Gasteiger partial charge in [-0.15, -0.1) is 13.2 Å². The van der Waals surface area contributed by atoms with Gasteiger partial charge < -0.3 is 9.47 Å².